The summed E-state index contributed by atoms with van der Waals surface area (Å²) in [7, 11) is 0. The number of amides is 1. The average Bonchev–Trinajstić information content (AvgIpc) is 2.33. The van der Waals surface area contributed by atoms with Gasteiger partial charge < -0.3 is 15.7 Å². The van der Waals surface area contributed by atoms with Crippen LogP contribution >= 0.6 is 0 Å². The number of rotatable bonds is 6. The highest BCUT2D eigenvalue weighted by molar-refractivity contribution is 5.76. The molecular weight excluding hydrogens is 259 g/mol. The quantitative estimate of drug-likeness (QED) is 0.697. The molecule has 3 N–H and O–H groups in total. The molecule has 1 atom stereocenters. The predicted octanol–water partition coefficient (Wildman–Crippen LogP) is 1.75. The van der Waals surface area contributed by atoms with Gasteiger partial charge in [0.1, 0.15) is 5.82 Å². The van der Waals surface area contributed by atoms with Crippen LogP contribution in [0.2, 0.25) is 0 Å². The SMILES string of the molecule is CC(C)(C)NC(=O)CCNCC(O)c1ccc(F)cc1. The molecule has 20 heavy (non-hydrogen) atoms. The van der Waals surface area contributed by atoms with Gasteiger partial charge in [-0.1, -0.05) is 12.1 Å². The summed E-state index contributed by atoms with van der Waals surface area (Å²) in [6.07, 6.45) is -0.353. The highest BCUT2D eigenvalue weighted by Gasteiger charge is 2.13. The fourth-order valence-electron chi connectivity index (χ4n) is 1.72. The van der Waals surface area contributed by atoms with Gasteiger partial charge in [-0.2, -0.15) is 0 Å². The Hall–Kier alpha value is -1.46. The average molecular weight is 282 g/mol. The Morgan fingerprint density at radius 3 is 2.45 bits per heavy atom. The number of aliphatic hydroxyl groups excluding tert-OH is 1. The van der Waals surface area contributed by atoms with Crippen LogP contribution in [0.4, 0.5) is 4.39 Å². The van der Waals surface area contributed by atoms with Crippen molar-refractivity contribution in [2.75, 3.05) is 13.1 Å². The first-order valence-electron chi connectivity index (χ1n) is 6.73. The van der Waals surface area contributed by atoms with Crippen LogP contribution in [0.3, 0.4) is 0 Å². The number of carbonyl (C=O) groups is 1. The monoisotopic (exact) mass is 282 g/mol. The van der Waals surface area contributed by atoms with E-state index in [1.165, 1.54) is 12.1 Å². The summed E-state index contributed by atoms with van der Waals surface area (Å²) in [6.45, 7) is 6.60. The lowest BCUT2D eigenvalue weighted by molar-refractivity contribution is -0.122. The van der Waals surface area contributed by atoms with E-state index in [2.05, 4.69) is 10.6 Å². The third-order valence-corrected chi connectivity index (χ3v) is 2.64. The van der Waals surface area contributed by atoms with Gasteiger partial charge in [-0.15, -0.1) is 0 Å². The minimum atomic E-state index is -0.707. The Morgan fingerprint density at radius 1 is 1.30 bits per heavy atom. The molecule has 112 valence electrons. The van der Waals surface area contributed by atoms with Crippen LogP contribution in [-0.4, -0.2) is 29.6 Å². The number of nitrogens with one attached hydrogen (secondary N) is 2. The molecule has 1 aromatic carbocycles. The van der Waals surface area contributed by atoms with E-state index in [1.807, 2.05) is 20.8 Å². The summed E-state index contributed by atoms with van der Waals surface area (Å²) < 4.78 is 12.7. The van der Waals surface area contributed by atoms with Crippen molar-refractivity contribution >= 4 is 5.91 Å². The fourth-order valence-corrected chi connectivity index (χ4v) is 1.72. The van der Waals surface area contributed by atoms with Crippen LogP contribution in [0, 0.1) is 5.82 Å². The second kappa shape index (κ2) is 7.36. The second-order valence-corrected chi connectivity index (χ2v) is 5.82. The maximum Gasteiger partial charge on any atom is 0.221 e. The van der Waals surface area contributed by atoms with Gasteiger partial charge >= 0.3 is 0 Å². The van der Waals surface area contributed by atoms with Crippen molar-refractivity contribution < 1.29 is 14.3 Å². The van der Waals surface area contributed by atoms with Crippen LogP contribution in [0.1, 0.15) is 38.9 Å². The van der Waals surface area contributed by atoms with Gasteiger partial charge in [0.15, 0.2) is 0 Å². The molecule has 1 unspecified atom stereocenters. The van der Waals surface area contributed by atoms with Gasteiger partial charge in [0.05, 0.1) is 6.10 Å². The van der Waals surface area contributed by atoms with Crippen molar-refractivity contribution in [3.63, 3.8) is 0 Å². The molecule has 1 rings (SSSR count). The van der Waals surface area contributed by atoms with Crippen LogP contribution < -0.4 is 10.6 Å². The van der Waals surface area contributed by atoms with Crippen molar-refractivity contribution in [3.05, 3.63) is 35.6 Å². The number of hydrogen-bond donors (Lipinski definition) is 3. The van der Waals surface area contributed by atoms with Crippen molar-refractivity contribution in [2.24, 2.45) is 0 Å². The highest BCUT2D eigenvalue weighted by Crippen LogP contribution is 2.12. The first-order chi connectivity index (χ1) is 9.28. The predicted molar refractivity (Wildman–Crippen MR) is 76.7 cm³/mol. The first kappa shape index (κ1) is 16.6. The van der Waals surface area contributed by atoms with E-state index in [-0.39, 0.29) is 17.3 Å². The molecule has 0 heterocycles. The van der Waals surface area contributed by atoms with E-state index in [4.69, 9.17) is 0 Å². The molecule has 0 bridgehead atoms. The van der Waals surface area contributed by atoms with Gasteiger partial charge in [-0.3, -0.25) is 4.79 Å². The Bertz CT molecular complexity index is 426. The van der Waals surface area contributed by atoms with Gasteiger partial charge in [-0.25, -0.2) is 4.39 Å². The summed E-state index contributed by atoms with van der Waals surface area (Å²) >= 11 is 0. The zero-order valence-corrected chi connectivity index (χ0v) is 12.2. The third kappa shape index (κ3) is 6.63. The largest absolute Gasteiger partial charge is 0.387 e. The molecule has 0 saturated carbocycles. The van der Waals surface area contributed by atoms with E-state index in [9.17, 15) is 14.3 Å². The van der Waals surface area contributed by atoms with Crippen LogP contribution in [0.25, 0.3) is 0 Å². The standard InChI is InChI=1S/C15H23FN2O2/c1-15(2,3)18-14(20)8-9-17-10-13(19)11-4-6-12(16)7-5-11/h4-7,13,17,19H,8-10H2,1-3H3,(H,18,20). The molecule has 4 nitrogen and oxygen atoms in total. The summed E-state index contributed by atoms with van der Waals surface area (Å²) in [5, 5.41) is 15.8. The van der Waals surface area contributed by atoms with Crippen molar-refractivity contribution in [1.82, 2.24) is 10.6 Å². The normalized spacial score (nSPS) is 13.1. The minimum absolute atomic E-state index is 0.0266. The Morgan fingerprint density at radius 2 is 1.90 bits per heavy atom. The summed E-state index contributed by atoms with van der Waals surface area (Å²) in [5.41, 5.74) is 0.420. The topological polar surface area (TPSA) is 61.4 Å². The second-order valence-electron chi connectivity index (χ2n) is 5.82. The minimum Gasteiger partial charge on any atom is -0.387 e. The van der Waals surface area contributed by atoms with Crippen LogP contribution in [0.5, 0.6) is 0 Å². The molecule has 0 aliphatic heterocycles. The van der Waals surface area contributed by atoms with E-state index in [1.54, 1.807) is 12.1 Å². The Labute approximate surface area is 119 Å². The molecule has 0 aliphatic carbocycles. The number of aliphatic hydroxyl groups is 1. The zero-order valence-electron chi connectivity index (χ0n) is 12.2. The van der Waals surface area contributed by atoms with Gasteiger partial charge in [0.25, 0.3) is 0 Å². The Balaban J connectivity index is 2.24. The molecule has 0 radical (unpaired) electrons. The van der Waals surface area contributed by atoms with Gasteiger partial charge in [0.2, 0.25) is 5.91 Å². The van der Waals surface area contributed by atoms with Crippen LogP contribution in [0.15, 0.2) is 24.3 Å². The van der Waals surface area contributed by atoms with E-state index in [0.717, 1.165) is 0 Å². The van der Waals surface area contributed by atoms with E-state index >= 15 is 0 Å². The number of hydrogen-bond acceptors (Lipinski definition) is 3. The number of benzene rings is 1. The molecule has 0 aliphatic rings. The zero-order chi connectivity index (χ0) is 15.2. The maximum absolute atomic E-state index is 12.7. The Kier molecular flexibility index (Phi) is 6.10. The van der Waals surface area contributed by atoms with E-state index in [0.29, 0.717) is 25.1 Å². The summed E-state index contributed by atoms with van der Waals surface area (Å²) in [5.74, 6) is -0.353. The van der Waals surface area contributed by atoms with Crippen molar-refractivity contribution in [2.45, 2.75) is 38.8 Å². The van der Waals surface area contributed by atoms with Crippen LogP contribution in [-0.2, 0) is 4.79 Å². The molecule has 0 spiro atoms. The molecule has 0 aromatic heterocycles. The molecular formula is C15H23FN2O2. The molecule has 5 heteroatoms. The number of carbonyl (C=O) groups excluding carboxylic acids is 1. The van der Waals surface area contributed by atoms with Crippen molar-refractivity contribution in [3.8, 4) is 0 Å². The third-order valence-electron chi connectivity index (χ3n) is 2.64. The lowest BCUT2D eigenvalue weighted by atomic mass is 10.1. The molecule has 0 fully saturated rings. The smallest absolute Gasteiger partial charge is 0.221 e. The number of halogens is 1. The molecule has 1 aromatic rings. The summed E-state index contributed by atoms with van der Waals surface area (Å²) in [4.78, 5) is 11.6. The van der Waals surface area contributed by atoms with E-state index < -0.39 is 6.10 Å². The maximum atomic E-state index is 12.7. The lowest BCUT2D eigenvalue weighted by Crippen LogP contribution is -2.41. The van der Waals surface area contributed by atoms with Gasteiger partial charge in [0, 0.05) is 25.0 Å². The first-order valence-corrected chi connectivity index (χ1v) is 6.73. The molecule has 0 saturated heterocycles. The molecule has 1 amide bonds. The highest BCUT2D eigenvalue weighted by atomic mass is 19.1. The summed E-state index contributed by atoms with van der Waals surface area (Å²) in [6, 6.07) is 5.73. The van der Waals surface area contributed by atoms with Crippen molar-refractivity contribution in [1.29, 1.82) is 0 Å². The fraction of sp³-hybridized carbons (Fsp3) is 0.533. The van der Waals surface area contributed by atoms with Gasteiger partial charge in [-0.05, 0) is 38.5 Å². The lowest BCUT2D eigenvalue weighted by Gasteiger charge is -2.20.